The molecule has 0 saturated heterocycles. The molecule has 0 aliphatic carbocycles. The molecule has 4 nitrogen and oxygen atoms in total. The topological polar surface area (TPSA) is 47.2 Å². The van der Waals surface area contributed by atoms with E-state index < -0.39 is 11.7 Å². The van der Waals surface area contributed by atoms with E-state index in [1.807, 2.05) is 0 Å². The highest BCUT2D eigenvalue weighted by Crippen LogP contribution is 2.06. The smallest absolute Gasteiger partial charge is 0.406 e. The lowest BCUT2D eigenvalue weighted by atomic mass is 10.2. The second kappa shape index (κ2) is 4.21. The molecule has 0 aliphatic heterocycles. The second-order valence-corrected chi connectivity index (χ2v) is 4.09. The van der Waals surface area contributed by atoms with Crippen LogP contribution in [-0.4, -0.2) is 18.0 Å². The summed E-state index contributed by atoms with van der Waals surface area (Å²) in [6.07, 6.45) is 1.56. The van der Waals surface area contributed by atoms with Crippen molar-refractivity contribution in [2.24, 2.45) is 0 Å². The predicted molar refractivity (Wildman–Crippen MR) is 53.7 cm³/mol. The Bertz CT molecular complexity index is 380. The maximum atomic E-state index is 11.6. The van der Waals surface area contributed by atoms with Crippen molar-refractivity contribution in [3.8, 4) is 0 Å². The lowest BCUT2D eigenvalue weighted by Crippen LogP contribution is -2.49. The zero-order valence-electron chi connectivity index (χ0n) is 9.06. The Labute approximate surface area is 88.5 Å². The minimum atomic E-state index is -0.569. The Morgan fingerprint density at radius 2 is 2.07 bits per heavy atom. The van der Waals surface area contributed by atoms with E-state index >= 15 is 0 Å². The molecule has 0 amide bonds. The average molecular weight is 208 g/mol. The van der Waals surface area contributed by atoms with E-state index in [2.05, 4.69) is 0 Å². The van der Waals surface area contributed by atoms with Crippen LogP contribution in [0.2, 0.25) is 0 Å². The number of aromatic nitrogens is 1. The molecule has 1 aromatic rings. The van der Waals surface area contributed by atoms with Gasteiger partial charge in [0.25, 0.3) is 5.69 Å². The standard InChI is InChI=1S/C11H14NO3/c1-11(2,3)15-10(14)12-7-5-4-6-9(12)8-13/h4-8H,1-3H3/q+1. The fourth-order valence-corrected chi connectivity index (χ4v) is 1.03. The number of ether oxygens (including phenoxy) is 1. The first-order valence-electron chi connectivity index (χ1n) is 4.63. The molecule has 0 spiro atoms. The van der Waals surface area contributed by atoms with Crippen LogP contribution in [0.4, 0.5) is 4.79 Å². The number of hydrogen-bond acceptors (Lipinski definition) is 3. The summed E-state index contributed by atoms with van der Waals surface area (Å²) in [7, 11) is 0. The van der Waals surface area contributed by atoms with Crippen LogP contribution in [-0.2, 0) is 4.74 Å². The van der Waals surface area contributed by atoms with Crippen molar-refractivity contribution in [2.75, 3.05) is 0 Å². The number of nitrogens with zero attached hydrogens (tertiary/aromatic N) is 1. The summed E-state index contributed by atoms with van der Waals surface area (Å²) in [6, 6.07) is 4.90. The van der Waals surface area contributed by atoms with Gasteiger partial charge >= 0.3 is 6.09 Å². The Balaban J connectivity index is 2.96. The lowest BCUT2D eigenvalue weighted by molar-refractivity contribution is -0.590. The van der Waals surface area contributed by atoms with E-state index in [1.54, 1.807) is 39.0 Å². The molecule has 0 saturated carbocycles. The van der Waals surface area contributed by atoms with E-state index in [9.17, 15) is 9.59 Å². The Morgan fingerprint density at radius 3 is 2.60 bits per heavy atom. The molecule has 1 heterocycles. The van der Waals surface area contributed by atoms with Crippen LogP contribution in [0, 0.1) is 0 Å². The van der Waals surface area contributed by atoms with Crippen LogP contribution in [0.25, 0.3) is 0 Å². The molecule has 4 heteroatoms. The third-order valence-corrected chi connectivity index (χ3v) is 1.60. The van der Waals surface area contributed by atoms with Gasteiger partial charge in [-0.2, -0.15) is 4.79 Å². The largest absolute Gasteiger partial charge is 0.603 e. The summed E-state index contributed by atoms with van der Waals surface area (Å²) < 4.78 is 6.31. The molecule has 0 N–H and O–H groups in total. The van der Waals surface area contributed by atoms with Crippen molar-refractivity contribution in [2.45, 2.75) is 26.4 Å². The SMILES string of the molecule is CC(C)(C)OC(=O)[n+]1ccccc1C=O. The minimum Gasteiger partial charge on any atom is -0.406 e. The second-order valence-electron chi connectivity index (χ2n) is 4.09. The zero-order valence-corrected chi connectivity index (χ0v) is 9.06. The molecule has 15 heavy (non-hydrogen) atoms. The summed E-state index contributed by atoms with van der Waals surface area (Å²) >= 11 is 0. The first-order valence-corrected chi connectivity index (χ1v) is 4.63. The molecule has 1 rings (SSSR count). The summed E-state index contributed by atoms with van der Waals surface area (Å²) in [6.45, 7) is 5.32. The number of hydrogen-bond donors (Lipinski definition) is 0. The molecule has 0 bridgehead atoms. The molecule has 0 radical (unpaired) electrons. The highest BCUT2D eigenvalue weighted by atomic mass is 16.6. The Hall–Kier alpha value is -1.71. The van der Waals surface area contributed by atoms with Gasteiger partial charge in [-0.15, -0.1) is 0 Å². The maximum Gasteiger partial charge on any atom is 0.603 e. The van der Waals surface area contributed by atoms with E-state index in [-0.39, 0.29) is 5.69 Å². The number of aldehydes is 1. The summed E-state index contributed by atoms with van der Waals surface area (Å²) in [5.41, 5.74) is -0.299. The van der Waals surface area contributed by atoms with Gasteiger partial charge in [0.2, 0.25) is 6.29 Å². The van der Waals surface area contributed by atoms with E-state index in [0.29, 0.717) is 6.29 Å². The van der Waals surface area contributed by atoms with Crippen molar-refractivity contribution in [1.82, 2.24) is 0 Å². The molecule has 0 aromatic carbocycles. The molecular formula is C11H14NO3+. The Kier molecular flexibility index (Phi) is 3.19. The molecular weight excluding hydrogens is 194 g/mol. The number of carbonyl (C=O) groups is 2. The highest BCUT2D eigenvalue weighted by molar-refractivity contribution is 5.72. The average Bonchev–Trinajstić information content (AvgIpc) is 2.15. The van der Waals surface area contributed by atoms with Gasteiger partial charge in [-0.3, -0.25) is 4.79 Å². The normalized spacial score (nSPS) is 10.9. The van der Waals surface area contributed by atoms with E-state index in [4.69, 9.17) is 4.74 Å². The van der Waals surface area contributed by atoms with Crippen molar-refractivity contribution < 1.29 is 18.9 Å². The zero-order chi connectivity index (χ0) is 11.5. The van der Waals surface area contributed by atoms with Gasteiger partial charge in [-0.1, -0.05) is 4.57 Å². The van der Waals surface area contributed by atoms with Crippen LogP contribution in [0.3, 0.4) is 0 Å². The molecule has 0 unspecified atom stereocenters. The fourth-order valence-electron chi connectivity index (χ4n) is 1.03. The van der Waals surface area contributed by atoms with Crippen LogP contribution in [0.15, 0.2) is 24.4 Å². The molecule has 80 valence electrons. The predicted octanol–water partition coefficient (Wildman–Crippen LogP) is 1.57. The first kappa shape index (κ1) is 11.4. The van der Waals surface area contributed by atoms with Crippen molar-refractivity contribution >= 4 is 12.4 Å². The van der Waals surface area contributed by atoms with Gasteiger partial charge in [-0.05, 0) is 26.8 Å². The first-order chi connectivity index (χ1) is 6.94. The van der Waals surface area contributed by atoms with E-state index in [1.165, 1.54) is 10.8 Å². The van der Waals surface area contributed by atoms with Crippen LogP contribution in [0.5, 0.6) is 0 Å². The molecule has 1 aromatic heterocycles. The van der Waals surface area contributed by atoms with Crippen molar-refractivity contribution in [3.05, 3.63) is 30.1 Å². The molecule has 0 fully saturated rings. The number of pyridine rings is 1. The van der Waals surface area contributed by atoms with Crippen LogP contribution < -0.4 is 4.57 Å². The number of rotatable bonds is 1. The lowest BCUT2D eigenvalue weighted by Gasteiger charge is -2.15. The van der Waals surface area contributed by atoms with Gasteiger partial charge in [0.15, 0.2) is 6.20 Å². The van der Waals surface area contributed by atoms with E-state index in [0.717, 1.165) is 0 Å². The third-order valence-electron chi connectivity index (χ3n) is 1.60. The minimum absolute atomic E-state index is 0.270. The van der Waals surface area contributed by atoms with Crippen molar-refractivity contribution in [3.63, 3.8) is 0 Å². The summed E-state index contributed by atoms with van der Waals surface area (Å²) in [4.78, 5) is 22.3. The monoisotopic (exact) mass is 208 g/mol. The van der Waals surface area contributed by atoms with Gasteiger partial charge < -0.3 is 4.74 Å². The maximum absolute atomic E-state index is 11.6. The van der Waals surface area contributed by atoms with Gasteiger partial charge in [0.1, 0.15) is 5.60 Å². The third kappa shape index (κ3) is 3.16. The van der Waals surface area contributed by atoms with Crippen LogP contribution in [0.1, 0.15) is 31.3 Å². The molecule has 0 aliphatic rings. The number of carbonyl (C=O) groups excluding carboxylic acids is 2. The van der Waals surface area contributed by atoms with Gasteiger partial charge in [0.05, 0.1) is 0 Å². The molecule has 0 atom stereocenters. The van der Waals surface area contributed by atoms with Crippen molar-refractivity contribution in [1.29, 1.82) is 0 Å². The quantitative estimate of drug-likeness (QED) is 0.520. The highest BCUT2D eigenvalue weighted by Gasteiger charge is 2.26. The fraction of sp³-hybridized carbons (Fsp3) is 0.364. The Morgan fingerprint density at radius 1 is 1.40 bits per heavy atom. The van der Waals surface area contributed by atoms with Crippen LogP contribution >= 0.6 is 0 Å². The summed E-state index contributed by atoms with van der Waals surface area (Å²) in [5.74, 6) is 0. The van der Waals surface area contributed by atoms with Gasteiger partial charge in [-0.25, -0.2) is 0 Å². The summed E-state index contributed by atoms with van der Waals surface area (Å²) in [5, 5.41) is 0. The van der Waals surface area contributed by atoms with Gasteiger partial charge in [0, 0.05) is 12.1 Å².